The van der Waals surface area contributed by atoms with Gasteiger partial charge in [0.2, 0.25) is 5.95 Å². The minimum absolute atomic E-state index is 0.592. The lowest BCUT2D eigenvalue weighted by atomic mass is 9.98. The Bertz CT molecular complexity index is 2160. The van der Waals surface area contributed by atoms with Gasteiger partial charge in [-0.05, 0) is 40.5 Å². The fourth-order valence-corrected chi connectivity index (χ4v) is 5.77. The summed E-state index contributed by atoms with van der Waals surface area (Å²) in [4.78, 5) is 15.0. The summed E-state index contributed by atoms with van der Waals surface area (Å²) in [5.41, 5.74) is 8.68. The van der Waals surface area contributed by atoms with Gasteiger partial charge in [0.1, 0.15) is 0 Å². The van der Waals surface area contributed by atoms with Gasteiger partial charge < -0.3 is 0 Å². The molecule has 8 aromatic rings. The smallest absolute Gasteiger partial charge is 0.238 e. The van der Waals surface area contributed by atoms with E-state index in [4.69, 9.17) is 15.0 Å². The Hall–Kier alpha value is -5.87. The summed E-state index contributed by atoms with van der Waals surface area (Å²) < 4.78 is 2.18. The molecule has 4 nitrogen and oxygen atoms in total. The molecule has 0 bridgehead atoms. The van der Waals surface area contributed by atoms with Gasteiger partial charge in [-0.25, -0.2) is 4.98 Å². The molecule has 0 atom stereocenters. The summed E-state index contributed by atoms with van der Waals surface area (Å²) in [6, 6.07) is 54.6. The molecule has 0 fully saturated rings. The zero-order valence-corrected chi connectivity index (χ0v) is 23.3. The number of fused-ring (bicyclic) bond motifs is 3. The average molecular weight is 551 g/mol. The Kier molecular flexibility index (Phi) is 6.08. The molecule has 4 heteroatoms. The van der Waals surface area contributed by atoms with Crippen LogP contribution >= 0.6 is 0 Å². The fraction of sp³-hybridized carbons (Fsp3) is 0. The van der Waals surface area contributed by atoms with Gasteiger partial charge >= 0.3 is 0 Å². The van der Waals surface area contributed by atoms with E-state index in [9.17, 15) is 0 Å². The van der Waals surface area contributed by atoms with Crippen LogP contribution in [-0.4, -0.2) is 19.5 Å². The third kappa shape index (κ3) is 4.55. The number of aromatic nitrogens is 4. The predicted octanol–water partition coefficient (Wildman–Crippen LogP) is 9.64. The summed E-state index contributed by atoms with van der Waals surface area (Å²) in [5.74, 6) is 1.87. The molecule has 0 N–H and O–H groups in total. The molecule has 0 amide bonds. The molecule has 0 radical (unpaired) electrons. The highest BCUT2D eigenvalue weighted by molar-refractivity contribution is 6.10. The Labute approximate surface area is 249 Å². The highest BCUT2D eigenvalue weighted by Gasteiger charge is 2.18. The van der Waals surface area contributed by atoms with Crippen molar-refractivity contribution in [2.75, 3.05) is 0 Å². The van der Waals surface area contributed by atoms with E-state index in [0.717, 1.165) is 44.1 Å². The molecule has 202 valence electrons. The molecule has 0 unspecified atom stereocenters. The number of nitrogens with zero attached hydrogens (tertiary/aromatic N) is 4. The van der Waals surface area contributed by atoms with Gasteiger partial charge in [0.25, 0.3) is 0 Å². The van der Waals surface area contributed by atoms with Gasteiger partial charge in [0.05, 0.1) is 11.0 Å². The maximum atomic E-state index is 5.07. The molecule has 2 aromatic heterocycles. The molecule has 0 saturated heterocycles. The molecule has 0 aliphatic heterocycles. The van der Waals surface area contributed by atoms with Crippen molar-refractivity contribution in [1.29, 1.82) is 0 Å². The van der Waals surface area contributed by atoms with Crippen molar-refractivity contribution >= 4 is 21.8 Å². The third-order valence-corrected chi connectivity index (χ3v) is 7.86. The molecular formula is C39H26N4. The first-order valence-corrected chi connectivity index (χ1v) is 14.4. The number of benzene rings is 6. The van der Waals surface area contributed by atoms with Crippen molar-refractivity contribution in [3.05, 3.63) is 158 Å². The Balaban J connectivity index is 1.37. The van der Waals surface area contributed by atoms with E-state index < -0.39 is 0 Å². The molecule has 8 rings (SSSR count). The topological polar surface area (TPSA) is 43.6 Å². The first kappa shape index (κ1) is 24.9. The summed E-state index contributed by atoms with van der Waals surface area (Å²) in [6.45, 7) is 0. The van der Waals surface area contributed by atoms with Crippen LogP contribution in [0.3, 0.4) is 0 Å². The number of rotatable bonds is 5. The van der Waals surface area contributed by atoms with Crippen LogP contribution < -0.4 is 0 Å². The first-order chi connectivity index (χ1) is 21.3. The van der Waals surface area contributed by atoms with Gasteiger partial charge in [0, 0.05) is 21.9 Å². The summed E-state index contributed by atoms with van der Waals surface area (Å²) in [6.07, 6.45) is 0. The van der Waals surface area contributed by atoms with Crippen LogP contribution in [-0.2, 0) is 0 Å². The van der Waals surface area contributed by atoms with E-state index in [1.54, 1.807) is 0 Å². The molecule has 43 heavy (non-hydrogen) atoms. The second-order valence-electron chi connectivity index (χ2n) is 10.5. The maximum Gasteiger partial charge on any atom is 0.238 e. The second-order valence-corrected chi connectivity index (χ2v) is 10.5. The lowest BCUT2D eigenvalue weighted by Crippen LogP contribution is -2.06. The van der Waals surface area contributed by atoms with Gasteiger partial charge in [-0.15, -0.1) is 0 Å². The van der Waals surface area contributed by atoms with Crippen molar-refractivity contribution < 1.29 is 0 Å². The lowest BCUT2D eigenvalue weighted by Gasteiger charge is -2.11. The zero-order chi connectivity index (χ0) is 28.6. The molecule has 0 aliphatic rings. The van der Waals surface area contributed by atoms with Gasteiger partial charge in [-0.3, -0.25) is 4.57 Å². The molecule has 0 aliphatic carbocycles. The van der Waals surface area contributed by atoms with Crippen molar-refractivity contribution in [2.24, 2.45) is 0 Å². The van der Waals surface area contributed by atoms with Gasteiger partial charge in [-0.1, -0.05) is 140 Å². The van der Waals surface area contributed by atoms with Gasteiger partial charge in [0.15, 0.2) is 11.6 Å². The van der Waals surface area contributed by atoms with Crippen LogP contribution in [0.5, 0.6) is 0 Å². The van der Waals surface area contributed by atoms with Crippen LogP contribution in [0.2, 0.25) is 0 Å². The lowest BCUT2D eigenvalue weighted by molar-refractivity contribution is 0.953. The Morgan fingerprint density at radius 1 is 0.326 bits per heavy atom. The molecular weight excluding hydrogens is 524 g/mol. The molecule has 6 aromatic carbocycles. The number of hydrogen-bond acceptors (Lipinski definition) is 3. The highest BCUT2D eigenvalue weighted by atomic mass is 15.2. The minimum Gasteiger partial charge on any atom is -0.278 e. The van der Waals surface area contributed by atoms with Crippen LogP contribution in [0.15, 0.2) is 158 Å². The Morgan fingerprint density at radius 3 is 1.47 bits per heavy atom. The number of para-hydroxylation sites is 1. The van der Waals surface area contributed by atoms with Gasteiger partial charge in [-0.2, -0.15) is 9.97 Å². The maximum absolute atomic E-state index is 5.07. The monoisotopic (exact) mass is 550 g/mol. The second kappa shape index (κ2) is 10.5. The Morgan fingerprint density at radius 2 is 0.814 bits per heavy atom. The standard InChI is InChI=1S/C39H26N4/c1-4-13-27(14-5-1)30-19-12-20-31(25-30)32-23-24-34-33-21-10-11-22-35(33)43(36(34)26-32)39-41-37(28-15-6-2-7-16-28)40-38(42-39)29-17-8-3-9-18-29/h1-26H. The molecule has 2 heterocycles. The largest absolute Gasteiger partial charge is 0.278 e. The van der Waals surface area contributed by atoms with Crippen molar-refractivity contribution in [3.63, 3.8) is 0 Å². The number of hydrogen-bond donors (Lipinski definition) is 0. The van der Waals surface area contributed by atoms with E-state index in [2.05, 4.69) is 95.6 Å². The minimum atomic E-state index is 0.592. The van der Waals surface area contributed by atoms with E-state index in [1.165, 1.54) is 11.1 Å². The van der Waals surface area contributed by atoms with Crippen molar-refractivity contribution in [1.82, 2.24) is 19.5 Å². The predicted molar refractivity (Wildman–Crippen MR) is 176 cm³/mol. The molecule has 0 spiro atoms. The SMILES string of the molecule is c1ccc(-c2cccc(-c3ccc4c5ccccc5n(-c5nc(-c6ccccc6)nc(-c6ccccc6)n5)c4c3)c2)cc1. The fourth-order valence-electron chi connectivity index (χ4n) is 5.77. The van der Waals surface area contributed by atoms with Crippen LogP contribution in [0, 0.1) is 0 Å². The van der Waals surface area contributed by atoms with Crippen LogP contribution in [0.1, 0.15) is 0 Å². The van der Waals surface area contributed by atoms with E-state index in [0.29, 0.717) is 17.6 Å². The van der Waals surface area contributed by atoms with E-state index in [1.807, 2.05) is 66.7 Å². The zero-order valence-electron chi connectivity index (χ0n) is 23.3. The normalized spacial score (nSPS) is 11.3. The summed E-state index contributed by atoms with van der Waals surface area (Å²) in [7, 11) is 0. The van der Waals surface area contributed by atoms with Crippen molar-refractivity contribution in [2.45, 2.75) is 0 Å². The van der Waals surface area contributed by atoms with E-state index in [-0.39, 0.29) is 0 Å². The molecule has 0 saturated carbocycles. The highest BCUT2D eigenvalue weighted by Crippen LogP contribution is 2.35. The van der Waals surface area contributed by atoms with E-state index >= 15 is 0 Å². The summed E-state index contributed by atoms with van der Waals surface area (Å²) in [5, 5.41) is 2.31. The first-order valence-electron chi connectivity index (χ1n) is 14.4. The summed E-state index contributed by atoms with van der Waals surface area (Å²) >= 11 is 0. The average Bonchev–Trinajstić information content (AvgIpc) is 3.43. The third-order valence-electron chi connectivity index (χ3n) is 7.86. The van der Waals surface area contributed by atoms with Crippen LogP contribution in [0.25, 0.3) is 72.8 Å². The van der Waals surface area contributed by atoms with Crippen molar-refractivity contribution in [3.8, 4) is 51.0 Å². The van der Waals surface area contributed by atoms with Crippen LogP contribution in [0.4, 0.5) is 0 Å². The quantitative estimate of drug-likeness (QED) is 0.214.